The van der Waals surface area contributed by atoms with Crippen LogP contribution < -0.4 is 0 Å². The van der Waals surface area contributed by atoms with Gasteiger partial charge < -0.3 is 0 Å². The van der Waals surface area contributed by atoms with Crippen LogP contribution >= 0.6 is 0 Å². The number of rotatable bonds is 2. The third kappa shape index (κ3) is 3.06. The molecule has 1 aromatic rings. The Morgan fingerprint density at radius 1 is 1.57 bits per heavy atom. The molecule has 0 amide bonds. The lowest BCUT2D eigenvalue weighted by atomic mass is 10.3. The SMILES string of the molecule is Cn1ccc(/C=N/S(=O)C(C)(C)C)n1. The molecule has 4 nitrogen and oxygen atoms in total. The Morgan fingerprint density at radius 2 is 2.21 bits per heavy atom. The summed E-state index contributed by atoms with van der Waals surface area (Å²) in [5, 5.41) is 4.10. The molecule has 0 N–H and O–H groups in total. The van der Waals surface area contributed by atoms with Crippen molar-refractivity contribution in [3.8, 4) is 0 Å². The van der Waals surface area contributed by atoms with Gasteiger partial charge in [0, 0.05) is 13.2 Å². The molecule has 0 aromatic carbocycles. The smallest absolute Gasteiger partial charge is 0.144 e. The molecule has 1 rings (SSSR count). The van der Waals surface area contributed by atoms with Crippen molar-refractivity contribution in [2.75, 3.05) is 0 Å². The van der Waals surface area contributed by atoms with Gasteiger partial charge >= 0.3 is 0 Å². The first-order chi connectivity index (χ1) is 6.39. The van der Waals surface area contributed by atoms with Crippen LogP contribution in [-0.4, -0.2) is 25.0 Å². The summed E-state index contributed by atoms with van der Waals surface area (Å²) in [7, 11) is 0.623. The molecule has 0 aliphatic carbocycles. The number of nitrogens with zero attached hydrogens (tertiary/aromatic N) is 3. The van der Waals surface area contributed by atoms with E-state index in [-0.39, 0.29) is 4.75 Å². The highest BCUT2D eigenvalue weighted by atomic mass is 32.2. The second-order valence-electron chi connectivity index (χ2n) is 4.01. The van der Waals surface area contributed by atoms with Crippen LogP contribution in [0.5, 0.6) is 0 Å². The molecule has 1 heterocycles. The first-order valence-electron chi connectivity index (χ1n) is 4.35. The molecule has 0 spiro atoms. The van der Waals surface area contributed by atoms with Gasteiger partial charge in [0.1, 0.15) is 16.7 Å². The van der Waals surface area contributed by atoms with E-state index in [9.17, 15) is 4.21 Å². The fraction of sp³-hybridized carbons (Fsp3) is 0.556. The minimum Gasteiger partial charge on any atom is -0.275 e. The molecule has 1 aromatic heterocycles. The minimum absolute atomic E-state index is 0.314. The summed E-state index contributed by atoms with van der Waals surface area (Å²) in [5.41, 5.74) is 0.727. The van der Waals surface area contributed by atoms with E-state index in [4.69, 9.17) is 0 Å². The van der Waals surface area contributed by atoms with Crippen LogP contribution in [0, 0.1) is 0 Å². The Labute approximate surface area is 86.6 Å². The molecule has 1 unspecified atom stereocenters. The summed E-state index contributed by atoms with van der Waals surface area (Å²) < 4.78 is 16.8. The van der Waals surface area contributed by atoms with Gasteiger partial charge in [0.05, 0.1) is 11.0 Å². The lowest BCUT2D eigenvalue weighted by Gasteiger charge is -2.12. The van der Waals surface area contributed by atoms with E-state index >= 15 is 0 Å². The van der Waals surface area contributed by atoms with E-state index in [2.05, 4.69) is 9.50 Å². The van der Waals surface area contributed by atoms with Gasteiger partial charge in [-0.15, -0.1) is 0 Å². The first kappa shape index (κ1) is 11.1. The third-order valence-corrected chi connectivity index (χ3v) is 2.88. The first-order valence-corrected chi connectivity index (χ1v) is 5.46. The Morgan fingerprint density at radius 3 is 2.64 bits per heavy atom. The predicted octanol–water partition coefficient (Wildman–Crippen LogP) is 1.30. The molecule has 0 saturated carbocycles. The van der Waals surface area contributed by atoms with Crippen molar-refractivity contribution in [2.24, 2.45) is 11.4 Å². The second kappa shape index (κ2) is 4.04. The van der Waals surface area contributed by atoms with E-state index in [1.54, 1.807) is 10.9 Å². The quantitative estimate of drug-likeness (QED) is 0.695. The minimum atomic E-state index is -1.21. The Bertz CT molecular complexity index is 362. The molecule has 1 atom stereocenters. The maximum absolute atomic E-state index is 11.5. The average molecular weight is 213 g/mol. The molecule has 14 heavy (non-hydrogen) atoms. The fourth-order valence-corrected chi connectivity index (χ4v) is 1.28. The van der Waals surface area contributed by atoms with Gasteiger partial charge in [-0.3, -0.25) is 4.68 Å². The van der Waals surface area contributed by atoms with E-state index in [1.165, 1.54) is 0 Å². The summed E-state index contributed by atoms with van der Waals surface area (Å²) in [6, 6.07) is 1.82. The summed E-state index contributed by atoms with van der Waals surface area (Å²) in [5.74, 6) is 0. The van der Waals surface area contributed by atoms with Crippen LogP contribution in [0.3, 0.4) is 0 Å². The molecular weight excluding hydrogens is 198 g/mol. The summed E-state index contributed by atoms with van der Waals surface area (Å²) in [4.78, 5) is 0. The zero-order valence-electron chi connectivity index (χ0n) is 8.89. The monoisotopic (exact) mass is 213 g/mol. The molecule has 0 fully saturated rings. The second-order valence-corrected chi connectivity index (χ2v) is 5.94. The average Bonchev–Trinajstić information content (AvgIpc) is 2.45. The lowest BCUT2D eigenvalue weighted by molar-refractivity contribution is 0.651. The van der Waals surface area contributed by atoms with Crippen LogP contribution in [0.15, 0.2) is 16.7 Å². The van der Waals surface area contributed by atoms with Gasteiger partial charge in [0.25, 0.3) is 0 Å². The van der Waals surface area contributed by atoms with E-state index in [0.717, 1.165) is 5.69 Å². The fourth-order valence-electron chi connectivity index (χ4n) is 0.762. The van der Waals surface area contributed by atoms with Crippen molar-refractivity contribution < 1.29 is 4.21 Å². The van der Waals surface area contributed by atoms with Crippen molar-refractivity contribution in [3.63, 3.8) is 0 Å². The van der Waals surface area contributed by atoms with Gasteiger partial charge in [-0.25, -0.2) is 4.21 Å². The highest BCUT2D eigenvalue weighted by Crippen LogP contribution is 2.11. The Balaban J connectivity index is 2.70. The topological polar surface area (TPSA) is 47.2 Å². The summed E-state index contributed by atoms with van der Waals surface area (Å²) in [6.07, 6.45) is 3.36. The number of aromatic nitrogens is 2. The maximum atomic E-state index is 11.5. The van der Waals surface area contributed by atoms with Crippen LogP contribution in [-0.2, 0) is 18.0 Å². The highest BCUT2D eigenvalue weighted by Gasteiger charge is 2.18. The molecule has 0 saturated heterocycles. The third-order valence-electron chi connectivity index (χ3n) is 1.54. The van der Waals surface area contributed by atoms with Crippen molar-refractivity contribution in [1.82, 2.24) is 9.78 Å². The number of aryl methyl sites for hydroxylation is 1. The van der Waals surface area contributed by atoms with Crippen LogP contribution in [0.1, 0.15) is 26.5 Å². The molecule has 5 heteroatoms. The molecule has 0 aliphatic heterocycles. The van der Waals surface area contributed by atoms with Gasteiger partial charge in [-0.05, 0) is 26.8 Å². The van der Waals surface area contributed by atoms with Gasteiger partial charge in [0.15, 0.2) is 0 Å². The molecule has 78 valence electrons. The van der Waals surface area contributed by atoms with Crippen molar-refractivity contribution in [3.05, 3.63) is 18.0 Å². The van der Waals surface area contributed by atoms with Crippen LogP contribution in [0.25, 0.3) is 0 Å². The molecule has 0 radical (unpaired) electrons. The van der Waals surface area contributed by atoms with Gasteiger partial charge in [-0.1, -0.05) is 0 Å². The van der Waals surface area contributed by atoms with Crippen molar-refractivity contribution in [1.29, 1.82) is 0 Å². The Kier molecular flexibility index (Phi) is 3.21. The van der Waals surface area contributed by atoms with Crippen LogP contribution in [0.4, 0.5) is 0 Å². The highest BCUT2D eigenvalue weighted by molar-refractivity contribution is 7.85. The van der Waals surface area contributed by atoms with Crippen molar-refractivity contribution >= 4 is 17.2 Å². The standard InChI is InChI=1S/C9H15N3OS/c1-9(2,3)14(13)10-7-8-5-6-12(4)11-8/h5-7H,1-4H3/b10-7+. The van der Waals surface area contributed by atoms with Gasteiger partial charge in [-0.2, -0.15) is 9.50 Å². The molecule has 0 bridgehead atoms. The predicted molar refractivity (Wildman–Crippen MR) is 58.7 cm³/mol. The van der Waals surface area contributed by atoms with E-state index in [1.807, 2.05) is 40.1 Å². The number of hydrogen-bond acceptors (Lipinski definition) is 2. The largest absolute Gasteiger partial charge is 0.275 e. The van der Waals surface area contributed by atoms with Crippen LogP contribution in [0.2, 0.25) is 0 Å². The zero-order valence-corrected chi connectivity index (χ0v) is 9.71. The maximum Gasteiger partial charge on any atom is 0.144 e. The zero-order chi connectivity index (χ0) is 10.8. The van der Waals surface area contributed by atoms with Gasteiger partial charge in [0.2, 0.25) is 0 Å². The summed E-state index contributed by atoms with van der Waals surface area (Å²) in [6.45, 7) is 5.66. The summed E-state index contributed by atoms with van der Waals surface area (Å²) >= 11 is 0. The van der Waals surface area contributed by atoms with Crippen molar-refractivity contribution in [2.45, 2.75) is 25.5 Å². The lowest BCUT2D eigenvalue weighted by Crippen LogP contribution is -2.19. The molecule has 0 aliphatic rings. The van der Waals surface area contributed by atoms with E-state index in [0.29, 0.717) is 0 Å². The normalized spacial score (nSPS) is 14.9. The molecular formula is C9H15N3OS. The van der Waals surface area contributed by atoms with E-state index < -0.39 is 11.0 Å². The Hall–Kier alpha value is -0.970. The number of hydrogen-bond donors (Lipinski definition) is 0.